The van der Waals surface area contributed by atoms with Crippen molar-refractivity contribution in [3.05, 3.63) is 52.0 Å². The predicted molar refractivity (Wildman–Crippen MR) is 71.2 cm³/mol. The van der Waals surface area contributed by atoms with E-state index in [1.807, 2.05) is 31.2 Å². The number of carbonyl (C=O) groups is 1. The van der Waals surface area contributed by atoms with Gasteiger partial charge in [-0.3, -0.25) is 4.79 Å². The molecule has 0 aliphatic heterocycles. The topological polar surface area (TPSA) is 29.4 Å². The Morgan fingerprint density at radius 3 is 2.06 bits per heavy atom. The molecule has 86 valence electrons. The van der Waals surface area contributed by atoms with Crippen LogP contribution in [0.3, 0.4) is 0 Å². The molecule has 0 atom stereocenters. The minimum absolute atomic E-state index is 0.0864. The number of allylic oxidation sites excluding steroid dienone is 4. The highest BCUT2D eigenvalue weighted by Gasteiger charge is 2.17. The normalized spacial score (nSPS) is 15.5. The maximum Gasteiger partial charge on any atom is 0.215 e. The summed E-state index contributed by atoms with van der Waals surface area (Å²) in [6.45, 7) is 2.00. The number of carbonyl (C=O) groups excluding carboxylic acids is 1. The van der Waals surface area contributed by atoms with Crippen molar-refractivity contribution in [1.82, 2.24) is 0 Å². The Morgan fingerprint density at radius 2 is 1.53 bits per heavy atom. The molecule has 0 bridgehead atoms. The standard InChI is InChI=1S/C13H9Cl2NO/c1-8-2-4-9(5-3-8)16-10-6-11(14)13(17)12(15)7-10/h2-7H,1H3. The molecule has 17 heavy (non-hydrogen) atoms. The highest BCUT2D eigenvalue weighted by atomic mass is 35.5. The van der Waals surface area contributed by atoms with Crippen LogP contribution in [0.5, 0.6) is 0 Å². The maximum absolute atomic E-state index is 11.3. The fraction of sp³-hybridized carbons (Fsp3) is 0.0769. The number of hydrogen-bond acceptors (Lipinski definition) is 2. The Kier molecular flexibility index (Phi) is 3.46. The molecule has 0 unspecified atom stereocenters. The lowest BCUT2D eigenvalue weighted by Crippen LogP contribution is -2.07. The third kappa shape index (κ3) is 2.84. The first-order valence-electron chi connectivity index (χ1n) is 5.01. The summed E-state index contributed by atoms with van der Waals surface area (Å²) in [5, 5.41) is 0.173. The first-order valence-corrected chi connectivity index (χ1v) is 5.76. The number of benzene rings is 1. The number of hydrogen-bond donors (Lipinski definition) is 0. The van der Waals surface area contributed by atoms with Crippen molar-refractivity contribution in [3.8, 4) is 0 Å². The van der Waals surface area contributed by atoms with E-state index >= 15 is 0 Å². The summed E-state index contributed by atoms with van der Waals surface area (Å²) < 4.78 is 0. The van der Waals surface area contributed by atoms with Gasteiger partial charge in [-0.05, 0) is 31.2 Å². The first kappa shape index (κ1) is 12.1. The molecule has 1 aromatic carbocycles. The highest BCUT2D eigenvalue weighted by molar-refractivity contribution is 6.57. The van der Waals surface area contributed by atoms with E-state index in [4.69, 9.17) is 23.2 Å². The van der Waals surface area contributed by atoms with Crippen molar-refractivity contribution in [2.75, 3.05) is 0 Å². The number of aliphatic imine (C=N–C) groups is 1. The summed E-state index contributed by atoms with van der Waals surface area (Å²) in [6, 6.07) is 7.71. The van der Waals surface area contributed by atoms with Crippen LogP contribution >= 0.6 is 23.2 Å². The second-order valence-corrected chi connectivity index (χ2v) is 4.50. The van der Waals surface area contributed by atoms with E-state index in [9.17, 15) is 4.79 Å². The van der Waals surface area contributed by atoms with E-state index < -0.39 is 0 Å². The molecule has 0 fully saturated rings. The van der Waals surface area contributed by atoms with Crippen molar-refractivity contribution < 1.29 is 4.79 Å². The Hall–Kier alpha value is -1.38. The number of Topliss-reactive ketones (excluding diaryl/α,β-unsaturated/α-hetero) is 1. The largest absolute Gasteiger partial charge is 0.287 e. The summed E-state index contributed by atoms with van der Waals surface area (Å²) in [6.07, 6.45) is 3.02. The van der Waals surface area contributed by atoms with Crippen molar-refractivity contribution in [3.63, 3.8) is 0 Å². The Bertz CT molecular complexity index is 529. The maximum atomic E-state index is 11.3. The van der Waals surface area contributed by atoms with Crippen LogP contribution < -0.4 is 0 Å². The van der Waals surface area contributed by atoms with E-state index in [2.05, 4.69) is 4.99 Å². The second kappa shape index (κ2) is 4.86. The number of rotatable bonds is 1. The second-order valence-electron chi connectivity index (χ2n) is 3.69. The lowest BCUT2D eigenvalue weighted by atomic mass is 10.1. The molecule has 0 saturated carbocycles. The fourth-order valence-electron chi connectivity index (χ4n) is 1.38. The average molecular weight is 266 g/mol. The van der Waals surface area contributed by atoms with Gasteiger partial charge >= 0.3 is 0 Å². The molecule has 4 heteroatoms. The van der Waals surface area contributed by atoms with Gasteiger partial charge in [-0.2, -0.15) is 0 Å². The molecule has 0 amide bonds. The van der Waals surface area contributed by atoms with Crippen LogP contribution in [0.15, 0.2) is 51.5 Å². The van der Waals surface area contributed by atoms with Crippen LogP contribution in [-0.4, -0.2) is 11.5 Å². The zero-order valence-corrected chi connectivity index (χ0v) is 10.6. The average Bonchev–Trinajstić information content (AvgIpc) is 2.29. The summed E-state index contributed by atoms with van der Waals surface area (Å²) >= 11 is 11.5. The smallest absolute Gasteiger partial charge is 0.215 e. The molecule has 0 heterocycles. The Labute approximate surface area is 109 Å². The minimum atomic E-state index is -0.365. The van der Waals surface area contributed by atoms with E-state index in [1.54, 1.807) is 0 Å². The van der Waals surface area contributed by atoms with Gasteiger partial charge in [0, 0.05) is 0 Å². The molecule has 2 nitrogen and oxygen atoms in total. The van der Waals surface area contributed by atoms with E-state index in [-0.39, 0.29) is 15.8 Å². The monoisotopic (exact) mass is 265 g/mol. The van der Waals surface area contributed by atoms with Crippen LogP contribution in [0.2, 0.25) is 0 Å². The van der Waals surface area contributed by atoms with Gasteiger partial charge in [0.1, 0.15) is 0 Å². The molecule has 1 aliphatic rings. The van der Waals surface area contributed by atoms with E-state index in [0.29, 0.717) is 5.71 Å². The minimum Gasteiger partial charge on any atom is -0.287 e. The summed E-state index contributed by atoms with van der Waals surface area (Å²) in [7, 11) is 0. The summed E-state index contributed by atoms with van der Waals surface area (Å²) in [5.74, 6) is -0.365. The summed E-state index contributed by atoms with van der Waals surface area (Å²) in [5.41, 5.74) is 2.53. The first-order chi connectivity index (χ1) is 8.06. The van der Waals surface area contributed by atoms with Gasteiger partial charge in [0.2, 0.25) is 5.78 Å². The third-order valence-electron chi connectivity index (χ3n) is 2.28. The lowest BCUT2D eigenvalue weighted by molar-refractivity contribution is -0.111. The van der Waals surface area contributed by atoms with Crippen LogP contribution in [0.4, 0.5) is 5.69 Å². The van der Waals surface area contributed by atoms with Gasteiger partial charge in [0.15, 0.2) is 0 Å². The van der Waals surface area contributed by atoms with Gasteiger partial charge in [-0.25, -0.2) is 4.99 Å². The number of aryl methyl sites for hydroxylation is 1. The molecule has 1 aromatic rings. The SMILES string of the molecule is Cc1ccc(N=C2C=C(Cl)C(=O)C(Cl)=C2)cc1. The van der Waals surface area contributed by atoms with Gasteiger partial charge in [-0.15, -0.1) is 0 Å². The molecule has 2 rings (SSSR count). The van der Waals surface area contributed by atoms with Crippen LogP contribution in [0.25, 0.3) is 0 Å². The van der Waals surface area contributed by atoms with E-state index in [0.717, 1.165) is 11.3 Å². The lowest BCUT2D eigenvalue weighted by Gasteiger charge is -2.05. The molecular formula is C13H9Cl2NO. The molecule has 0 spiro atoms. The van der Waals surface area contributed by atoms with Crippen LogP contribution in [0.1, 0.15) is 5.56 Å². The van der Waals surface area contributed by atoms with Crippen LogP contribution in [0, 0.1) is 6.92 Å². The van der Waals surface area contributed by atoms with Crippen molar-refractivity contribution in [1.29, 1.82) is 0 Å². The number of halogens is 2. The van der Waals surface area contributed by atoms with Crippen LogP contribution in [-0.2, 0) is 4.79 Å². The van der Waals surface area contributed by atoms with E-state index in [1.165, 1.54) is 12.2 Å². The summed E-state index contributed by atoms with van der Waals surface area (Å²) in [4.78, 5) is 15.6. The number of nitrogens with zero attached hydrogens (tertiary/aromatic N) is 1. The molecule has 0 radical (unpaired) electrons. The zero-order chi connectivity index (χ0) is 12.4. The van der Waals surface area contributed by atoms with Gasteiger partial charge < -0.3 is 0 Å². The molecular weight excluding hydrogens is 257 g/mol. The quantitative estimate of drug-likeness (QED) is 0.709. The van der Waals surface area contributed by atoms with Gasteiger partial charge in [0.05, 0.1) is 21.5 Å². The van der Waals surface area contributed by atoms with Crippen molar-refractivity contribution in [2.45, 2.75) is 6.92 Å². The Morgan fingerprint density at radius 1 is 1.00 bits per heavy atom. The number of ketones is 1. The molecule has 0 saturated heterocycles. The third-order valence-corrected chi connectivity index (χ3v) is 2.84. The van der Waals surface area contributed by atoms with Gasteiger partial charge in [-0.1, -0.05) is 40.9 Å². The van der Waals surface area contributed by atoms with Gasteiger partial charge in [0.25, 0.3) is 0 Å². The Balaban J connectivity index is 2.35. The molecule has 0 N–H and O–H groups in total. The molecule has 1 aliphatic carbocycles. The zero-order valence-electron chi connectivity index (χ0n) is 9.08. The highest BCUT2D eigenvalue weighted by Crippen LogP contribution is 2.21. The predicted octanol–water partition coefficient (Wildman–Crippen LogP) is 3.90. The fourth-order valence-corrected chi connectivity index (χ4v) is 1.85. The van der Waals surface area contributed by atoms with Crippen molar-refractivity contribution in [2.24, 2.45) is 4.99 Å². The molecule has 0 aromatic heterocycles. The van der Waals surface area contributed by atoms with Crippen molar-refractivity contribution >= 4 is 40.4 Å².